The fourth-order valence-electron chi connectivity index (χ4n) is 8.07. The third-order valence-electron chi connectivity index (χ3n) is 10.7. The summed E-state index contributed by atoms with van der Waals surface area (Å²) >= 11 is 0. The van der Waals surface area contributed by atoms with Gasteiger partial charge in [-0.3, -0.25) is 0 Å². The van der Waals surface area contributed by atoms with E-state index in [2.05, 4.69) is 132 Å². The second kappa shape index (κ2) is 13.0. The van der Waals surface area contributed by atoms with Crippen molar-refractivity contribution in [2.75, 3.05) is 0 Å². The Kier molecular flexibility index (Phi) is 7.42. The number of aromatic nitrogens is 4. The van der Waals surface area contributed by atoms with Crippen LogP contribution in [0.15, 0.2) is 199 Å². The van der Waals surface area contributed by atoms with E-state index >= 15 is 0 Å². The molecule has 0 aliphatic rings. The molecule has 0 bridgehead atoms. The zero-order valence-corrected chi connectivity index (χ0v) is 30.2. The molecule has 56 heavy (non-hydrogen) atoms. The highest BCUT2D eigenvalue weighted by Crippen LogP contribution is 2.46. The second-order valence-corrected chi connectivity index (χ2v) is 14.0. The smallest absolute Gasteiger partial charge is 0.167 e. The first-order valence-corrected chi connectivity index (χ1v) is 18.8. The summed E-state index contributed by atoms with van der Waals surface area (Å²) in [5.41, 5.74) is 11.7. The maximum absolute atomic E-state index is 7.25. The van der Waals surface area contributed by atoms with Crippen LogP contribution in [-0.4, -0.2) is 19.5 Å². The van der Waals surface area contributed by atoms with E-state index in [1.54, 1.807) is 0 Å². The molecular formula is C51H32N4O. The van der Waals surface area contributed by atoms with E-state index in [-0.39, 0.29) is 0 Å². The predicted octanol–water partition coefficient (Wildman–Crippen LogP) is 13.2. The Morgan fingerprint density at radius 2 is 0.821 bits per heavy atom. The standard InChI is InChI=1S/C51H32N4O/c1-5-17-33(18-6-1)37-31-41(34-19-7-2-8-20-34)47-42(32-37)46-45(55-43-27-15-13-25-38(43)39-26-14-16-28-44(39)55)30-29-40(48(46)56-47)51-53-49(35-21-9-3-10-22-35)52-50(54-51)36-23-11-4-12-24-36/h1-32H. The highest BCUT2D eigenvalue weighted by Gasteiger charge is 2.25. The lowest BCUT2D eigenvalue weighted by atomic mass is 9.95. The van der Waals surface area contributed by atoms with Gasteiger partial charge in [-0.1, -0.05) is 158 Å². The maximum Gasteiger partial charge on any atom is 0.167 e. The molecule has 0 unspecified atom stereocenters. The first kappa shape index (κ1) is 31.9. The fraction of sp³-hybridized carbons (Fsp3) is 0. The zero-order valence-electron chi connectivity index (χ0n) is 30.2. The van der Waals surface area contributed by atoms with Crippen molar-refractivity contribution in [3.05, 3.63) is 194 Å². The van der Waals surface area contributed by atoms with Crippen LogP contribution < -0.4 is 0 Å². The Hall–Kier alpha value is -7.63. The normalized spacial score (nSPS) is 11.6. The van der Waals surface area contributed by atoms with Crippen LogP contribution in [0.1, 0.15) is 0 Å². The van der Waals surface area contributed by atoms with Gasteiger partial charge in [-0.15, -0.1) is 0 Å². The molecule has 0 atom stereocenters. The van der Waals surface area contributed by atoms with E-state index in [1.807, 2.05) is 66.7 Å². The van der Waals surface area contributed by atoms with Crippen molar-refractivity contribution in [3.63, 3.8) is 0 Å². The van der Waals surface area contributed by atoms with Gasteiger partial charge in [-0.25, -0.2) is 15.0 Å². The van der Waals surface area contributed by atoms with Gasteiger partial charge in [0.2, 0.25) is 0 Å². The van der Waals surface area contributed by atoms with Gasteiger partial charge in [-0.2, -0.15) is 0 Å². The minimum absolute atomic E-state index is 0.542. The highest BCUT2D eigenvalue weighted by molar-refractivity contribution is 6.19. The number of fused-ring (bicyclic) bond motifs is 6. The monoisotopic (exact) mass is 716 g/mol. The number of furan rings is 1. The van der Waals surface area contributed by atoms with Crippen LogP contribution in [0.4, 0.5) is 0 Å². The molecule has 262 valence electrons. The number of benzene rings is 8. The predicted molar refractivity (Wildman–Crippen MR) is 229 cm³/mol. The molecule has 3 aromatic heterocycles. The summed E-state index contributed by atoms with van der Waals surface area (Å²) < 4.78 is 9.63. The van der Waals surface area contributed by atoms with Crippen LogP contribution >= 0.6 is 0 Å². The molecule has 5 nitrogen and oxygen atoms in total. The highest BCUT2D eigenvalue weighted by atomic mass is 16.3. The van der Waals surface area contributed by atoms with Crippen LogP contribution in [0.25, 0.3) is 106 Å². The Morgan fingerprint density at radius 3 is 1.39 bits per heavy atom. The summed E-state index contributed by atoms with van der Waals surface area (Å²) in [5, 5.41) is 4.39. The zero-order chi connectivity index (χ0) is 37.0. The van der Waals surface area contributed by atoms with Crippen LogP contribution in [0.2, 0.25) is 0 Å². The molecule has 0 amide bonds. The van der Waals surface area contributed by atoms with Gasteiger partial charge in [0.1, 0.15) is 11.2 Å². The van der Waals surface area contributed by atoms with E-state index in [4.69, 9.17) is 19.4 Å². The minimum atomic E-state index is 0.542. The second-order valence-electron chi connectivity index (χ2n) is 14.0. The Morgan fingerprint density at radius 1 is 0.339 bits per heavy atom. The van der Waals surface area contributed by atoms with Crippen molar-refractivity contribution in [1.29, 1.82) is 0 Å². The fourth-order valence-corrected chi connectivity index (χ4v) is 8.07. The molecule has 0 radical (unpaired) electrons. The number of hydrogen-bond donors (Lipinski definition) is 0. The van der Waals surface area contributed by atoms with Gasteiger partial charge >= 0.3 is 0 Å². The van der Waals surface area contributed by atoms with E-state index in [1.165, 1.54) is 10.8 Å². The third kappa shape index (κ3) is 5.21. The van der Waals surface area contributed by atoms with E-state index in [0.29, 0.717) is 23.1 Å². The molecule has 11 rings (SSSR count). The van der Waals surface area contributed by atoms with Gasteiger partial charge in [0.15, 0.2) is 17.5 Å². The van der Waals surface area contributed by atoms with Crippen LogP contribution in [-0.2, 0) is 0 Å². The summed E-state index contributed by atoms with van der Waals surface area (Å²) in [5.74, 6) is 1.74. The van der Waals surface area contributed by atoms with Crippen molar-refractivity contribution in [2.24, 2.45) is 0 Å². The largest absolute Gasteiger partial charge is 0.455 e. The van der Waals surface area contributed by atoms with Crippen LogP contribution in [0.5, 0.6) is 0 Å². The van der Waals surface area contributed by atoms with E-state index in [0.717, 1.165) is 72.0 Å². The van der Waals surface area contributed by atoms with E-state index < -0.39 is 0 Å². The molecule has 0 fully saturated rings. The molecule has 0 saturated heterocycles. The Balaban J connectivity index is 1.29. The summed E-state index contributed by atoms with van der Waals surface area (Å²) in [6.45, 7) is 0. The van der Waals surface area contributed by atoms with Crippen molar-refractivity contribution in [1.82, 2.24) is 19.5 Å². The molecule has 3 heterocycles. The molecule has 0 aliphatic carbocycles. The molecule has 0 N–H and O–H groups in total. The molecule has 8 aromatic carbocycles. The van der Waals surface area contributed by atoms with Gasteiger partial charge in [0, 0.05) is 32.8 Å². The maximum atomic E-state index is 7.25. The molecule has 5 heteroatoms. The summed E-state index contributed by atoms with van der Waals surface area (Å²) in [6, 6.07) is 67.3. The lowest BCUT2D eigenvalue weighted by Gasteiger charge is -2.13. The minimum Gasteiger partial charge on any atom is -0.455 e. The van der Waals surface area contributed by atoms with Gasteiger partial charge in [0.25, 0.3) is 0 Å². The number of para-hydroxylation sites is 2. The third-order valence-corrected chi connectivity index (χ3v) is 10.7. The van der Waals surface area contributed by atoms with E-state index in [9.17, 15) is 0 Å². The molecule has 11 aromatic rings. The average Bonchev–Trinajstić information content (AvgIpc) is 3.83. The lowest BCUT2D eigenvalue weighted by molar-refractivity contribution is 0.670. The van der Waals surface area contributed by atoms with Crippen molar-refractivity contribution in [3.8, 4) is 62.1 Å². The topological polar surface area (TPSA) is 56.7 Å². The van der Waals surface area contributed by atoms with Crippen molar-refractivity contribution >= 4 is 43.7 Å². The summed E-state index contributed by atoms with van der Waals surface area (Å²) in [4.78, 5) is 15.3. The van der Waals surface area contributed by atoms with Crippen molar-refractivity contribution < 1.29 is 4.42 Å². The SMILES string of the molecule is c1ccc(-c2cc(-c3ccccc3)c3oc4c(-c5nc(-c6ccccc6)nc(-c6ccccc6)n5)ccc(-n5c6ccccc6c6ccccc65)c4c3c2)cc1. The Bertz CT molecular complexity index is 3110. The van der Waals surface area contributed by atoms with Gasteiger partial charge in [0.05, 0.1) is 27.7 Å². The van der Waals surface area contributed by atoms with Crippen LogP contribution in [0, 0.1) is 0 Å². The number of nitrogens with zero attached hydrogens (tertiary/aromatic N) is 4. The molecule has 0 saturated carbocycles. The van der Waals surface area contributed by atoms with Gasteiger partial charge in [-0.05, 0) is 53.1 Å². The quantitative estimate of drug-likeness (QED) is 0.172. The van der Waals surface area contributed by atoms with Crippen molar-refractivity contribution in [2.45, 2.75) is 0 Å². The molecule has 0 aliphatic heterocycles. The summed E-state index contributed by atoms with van der Waals surface area (Å²) in [7, 11) is 0. The number of rotatable bonds is 6. The average molecular weight is 717 g/mol. The first-order valence-electron chi connectivity index (χ1n) is 18.8. The molecule has 0 spiro atoms. The van der Waals surface area contributed by atoms with Gasteiger partial charge < -0.3 is 8.98 Å². The Labute approximate surface area is 322 Å². The first-order chi connectivity index (χ1) is 27.8. The lowest BCUT2D eigenvalue weighted by Crippen LogP contribution is -2.01. The number of hydrogen-bond acceptors (Lipinski definition) is 4. The summed E-state index contributed by atoms with van der Waals surface area (Å²) in [6.07, 6.45) is 0. The van der Waals surface area contributed by atoms with Crippen LogP contribution in [0.3, 0.4) is 0 Å². The molecular weight excluding hydrogens is 685 g/mol.